The summed E-state index contributed by atoms with van der Waals surface area (Å²) in [5.74, 6) is 0.187. The number of ether oxygens (including phenoxy) is 2. The molecule has 4 rings (SSSR count). The normalized spacial score (nSPS) is 11.0. The third-order valence-corrected chi connectivity index (χ3v) is 6.71. The Hall–Kier alpha value is -2.87. The zero-order valence-electron chi connectivity index (χ0n) is 17.0. The van der Waals surface area contributed by atoms with E-state index in [0.29, 0.717) is 42.0 Å². The zero-order chi connectivity index (χ0) is 22.7. The van der Waals surface area contributed by atoms with Gasteiger partial charge in [0.25, 0.3) is 5.56 Å². The highest BCUT2D eigenvalue weighted by Gasteiger charge is 2.21. The van der Waals surface area contributed by atoms with Crippen LogP contribution in [-0.2, 0) is 11.3 Å². The maximum atomic E-state index is 13.1. The topological polar surface area (TPSA) is 70.4 Å². The number of carbonyl (C=O) groups is 1. The van der Waals surface area contributed by atoms with Crippen molar-refractivity contribution >= 4 is 50.7 Å². The number of hydrogen-bond acceptors (Lipinski definition) is 6. The summed E-state index contributed by atoms with van der Waals surface area (Å²) >= 11 is 13.6. The Bertz CT molecular complexity index is 1320. The molecule has 2 aromatic heterocycles. The van der Waals surface area contributed by atoms with E-state index in [1.165, 1.54) is 10.9 Å². The summed E-state index contributed by atoms with van der Waals surface area (Å²) in [5.41, 5.74) is 0.896. The number of hydrogen-bond donors (Lipinski definition) is 0. The molecule has 4 aromatic rings. The van der Waals surface area contributed by atoms with Gasteiger partial charge in [0.1, 0.15) is 28.7 Å². The van der Waals surface area contributed by atoms with Crippen LogP contribution in [0.5, 0.6) is 5.75 Å². The largest absolute Gasteiger partial charge is 0.490 e. The summed E-state index contributed by atoms with van der Waals surface area (Å²) in [6, 6.07) is 14.4. The number of nitrogens with zero attached hydrogens (tertiary/aromatic N) is 2. The van der Waals surface area contributed by atoms with E-state index >= 15 is 0 Å². The maximum absolute atomic E-state index is 13.1. The minimum Gasteiger partial charge on any atom is -0.490 e. The summed E-state index contributed by atoms with van der Waals surface area (Å²) in [6.45, 7) is 2.20. The van der Waals surface area contributed by atoms with E-state index in [9.17, 15) is 9.59 Å². The lowest BCUT2D eigenvalue weighted by molar-refractivity contribution is 0.0455. The fraction of sp³-hybridized carbons (Fsp3) is 0.174. The Morgan fingerprint density at radius 2 is 1.78 bits per heavy atom. The average Bonchev–Trinajstić information content (AvgIpc) is 3.13. The number of esters is 1. The van der Waals surface area contributed by atoms with Gasteiger partial charge in [-0.15, -0.1) is 11.3 Å². The fourth-order valence-corrected chi connectivity index (χ4v) is 4.75. The third-order valence-electron chi connectivity index (χ3n) is 4.82. The summed E-state index contributed by atoms with van der Waals surface area (Å²) in [4.78, 5) is 30.9. The SMILES string of the molecule is Cc1c(C(=O)OCCOc2ccccc2)sc2ncn(Cc3c(Cl)cccc3Cl)c(=O)c12. The highest BCUT2D eigenvalue weighted by atomic mass is 35.5. The third kappa shape index (κ3) is 4.65. The first-order valence-electron chi connectivity index (χ1n) is 9.72. The van der Waals surface area contributed by atoms with Crippen molar-refractivity contribution in [2.75, 3.05) is 13.2 Å². The molecular formula is C23H18Cl2N2O4S. The number of rotatable bonds is 7. The van der Waals surface area contributed by atoms with Crippen molar-refractivity contribution in [2.24, 2.45) is 0 Å². The molecule has 6 nitrogen and oxygen atoms in total. The van der Waals surface area contributed by atoms with E-state index in [1.54, 1.807) is 25.1 Å². The molecule has 0 bridgehead atoms. The monoisotopic (exact) mass is 488 g/mol. The highest BCUT2D eigenvalue weighted by molar-refractivity contribution is 7.20. The molecule has 0 radical (unpaired) electrons. The number of fused-ring (bicyclic) bond motifs is 1. The van der Waals surface area contributed by atoms with Gasteiger partial charge >= 0.3 is 5.97 Å². The molecule has 0 saturated carbocycles. The van der Waals surface area contributed by atoms with Crippen molar-refractivity contribution in [1.29, 1.82) is 0 Å². The van der Waals surface area contributed by atoms with Gasteiger partial charge in [-0.2, -0.15) is 0 Å². The second-order valence-electron chi connectivity index (χ2n) is 6.91. The van der Waals surface area contributed by atoms with Crippen molar-refractivity contribution in [3.8, 4) is 5.75 Å². The minimum absolute atomic E-state index is 0.0874. The van der Waals surface area contributed by atoms with Crippen LogP contribution in [0.2, 0.25) is 10.0 Å². The van der Waals surface area contributed by atoms with Crippen LogP contribution >= 0.6 is 34.5 Å². The first-order valence-corrected chi connectivity index (χ1v) is 11.3. The predicted octanol–water partition coefficient (Wildman–Crippen LogP) is 5.36. The molecule has 0 spiro atoms. The van der Waals surface area contributed by atoms with E-state index in [4.69, 9.17) is 32.7 Å². The van der Waals surface area contributed by atoms with Crippen molar-refractivity contribution in [2.45, 2.75) is 13.5 Å². The predicted molar refractivity (Wildman–Crippen MR) is 126 cm³/mol. The zero-order valence-corrected chi connectivity index (χ0v) is 19.3. The first kappa shape index (κ1) is 22.3. The summed E-state index contributed by atoms with van der Waals surface area (Å²) in [7, 11) is 0. The molecule has 0 saturated heterocycles. The second kappa shape index (κ2) is 9.73. The maximum Gasteiger partial charge on any atom is 0.348 e. The molecule has 164 valence electrons. The average molecular weight is 489 g/mol. The molecule has 0 aliphatic rings. The number of thiophene rings is 1. The molecule has 0 fully saturated rings. The smallest absolute Gasteiger partial charge is 0.348 e. The summed E-state index contributed by atoms with van der Waals surface area (Å²) in [6.07, 6.45) is 1.43. The molecule has 0 N–H and O–H groups in total. The number of benzene rings is 2. The van der Waals surface area contributed by atoms with Crippen LogP contribution in [0.3, 0.4) is 0 Å². The summed E-state index contributed by atoms with van der Waals surface area (Å²) in [5, 5.41) is 1.32. The number of halogens is 2. The van der Waals surface area contributed by atoms with E-state index < -0.39 is 5.97 Å². The van der Waals surface area contributed by atoms with Crippen molar-refractivity contribution in [1.82, 2.24) is 9.55 Å². The second-order valence-corrected chi connectivity index (χ2v) is 8.73. The van der Waals surface area contributed by atoms with Crippen LogP contribution in [0.1, 0.15) is 20.8 Å². The van der Waals surface area contributed by atoms with Crippen LogP contribution in [0, 0.1) is 6.92 Å². The van der Waals surface area contributed by atoms with Gasteiger partial charge in [0.05, 0.1) is 18.3 Å². The van der Waals surface area contributed by atoms with E-state index in [0.717, 1.165) is 11.3 Å². The molecule has 0 aliphatic heterocycles. The van der Waals surface area contributed by atoms with Crippen molar-refractivity contribution in [3.05, 3.63) is 91.3 Å². The highest BCUT2D eigenvalue weighted by Crippen LogP contribution is 2.28. The number of para-hydroxylation sites is 1. The van der Waals surface area contributed by atoms with Crippen LogP contribution in [-0.4, -0.2) is 28.7 Å². The van der Waals surface area contributed by atoms with E-state index in [1.807, 2.05) is 30.3 Å². The van der Waals surface area contributed by atoms with Gasteiger partial charge in [-0.25, -0.2) is 9.78 Å². The summed E-state index contributed by atoms with van der Waals surface area (Å²) < 4.78 is 12.3. The van der Waals surface area contributed by atoms with Gasteiger partial charge < -0.3 is 9.47 Å². The number of carbonyl (C=O) groups excluding carboxylic acids is 1. The van der Waals surface area contributed by atoms with Crippen LogP contribution in [0.15, 0.2) is 59.7 Å². The fourth-order valence-electron chi connectivity index (χ4n) is 3.20. The van der Waals surface area contributed by atoms with Crippen LogP contribution in [0.25, 0.3) is 10.2 Å². The minimum atomic E-state index is -0.512. The Kier molecular flexibility index (Phi) is 6.79. The Morgan fingerprint density at radius 1 is 1.06 bits per heavy atom. The molecule has 32 heavy (non-hydrogen) atoms. The lowest BCUT2D eigenvalue weighted by atomic mass is 10.2. The Labute approximate surface area is 197 Å². The molecule has 0 unspecified atom stereocenters. The molecular weight excluding hydrogens is 471 g/mol. The molecule has 0 aliphatic carbocycles. The van der Waals surface area contributed by atoms with Crippen molar-refractivity contribution < 1.29 is 14.3 Å². The molecule has 2 aromatic carbocycles. The first-order chi connectivity index (χ1) is 15.5. The molecule has 0 atom stereocenters. The molecule has 0 amide bonds. The van der Waals surface area contributed by atoms with E-state index in [2.05, 4.69) is 4.98 Å². The lowest BCUT2D eigenvalue weighted by Crippen LogP contribution is -2.21. The molecule has 9 heteroatoms. The number of aryl methyl sites for hydroxylation is 1. The van der Waals surface area contributed by atoms with Crippen LogP contribution < -0.4 is 10.3 Å². The van der Waals surface area contributed by atoms with E-state index in [-0.39, 0.29) is 25.3 Å². The lowest BCUT2D eigenvalue weighted by Gasteiger charge is -2.09. The van der Waals surface area contributed by atoms with Gasteiger partial charge in [-0.05, 0) is 36.8 Å². The van der Waals surface area contributed by atoms with Gasteiger partial charge in [0, 0.05) is 15.6 Å². The Morgan fingerprint density at radius 3 is 2.50 bits per heavy atom. The van der Waals surface area contributed by atoms with Crippen molar-refractivity contribution in [3.63, 3.8) is 0 Å². The molecule has 2 heterocycles. The van der Waals surface area contributed by atoms with Gasteiger partial charge in [-0.1, -0.05) is 47.5 Å². The van der Waals surface area contributed by atoms with Gasteiger partial charge in [-0.3, -0.25) is 9.36 Å². The van der Waals surface area contributed by atoms with Crippen LogP contribution in [0.4, 0.5) is 0 Å². The quantitative estimate of drug-likeness (QED) is 0.258. The van der Waals surface area contributed by atoms with Gasteiger partial charge in [0.2, 0.25) is 0 Å². The number of aromatic nitrogens is 2. The Balaban J connectivity index is 1.51. The standard InChI is InChI=1S/C23H18Cl2N2O4S/c1-14-19-21(26-13-27(22(19)28)12-16-17(24)8-5-9-18(16)25)32-20(14)23(29)31-11-10-30-15-6-3-2-4-7-15/h2-9,13H,10-12H2,1H3. The van der Waals surface area contributed by atoms with Gasteiger partial charge in [0.15, 0.2) is 0 Å².